The highest BCUT2D eigenvalue weighted by Crippen LogP contribution is 2.45. The molecule has 1 saturated heterocycles. The Morgan fingerprint density at radius 3 is 2.53 bits per heavy atom. The number of para-hydroxylation sites is 1. The Bertz CT molecular complexity index is 896. The van der Waals surface area contributed by atoms with Crippen LogP contribution in [0.15, 0.2) is 18.2 Å². The lowest BCUT2D eigenvalue weighted by atomic mass is 9.66. The van der Waals surface area contributed by atoms with E-state index in [0.717, 1.165) is 82.5 Å². The maximum atomic E-state index is 12.6. The van der Waals surface area contributed by atoms with Gasteiger partial charge in [0.15, 0.2) is 11.5 Å². The number of fused-ring (bicyclic) bond motifs is 1. The minimum atomic E-state index is -0.769. The number of carbonyl (C=O) groups is 1. The SMILES string of the molecule is CC(CN1CCC(c2cccc3c2OCO3)CC1)C1(C)CCC(NC(=O)CC2(O)CCCCC2)CC1. The number of aliphatic hydroxyl groups is 1. The smallest absolute Gasteiger partial charge is 0.231 e. The van der Waals surface area contributed by atoms with Crippen LogP contribution in [-0.2, 0) is 4.79 Å². The van der Waals surface area contributed by atoms with Gasteiger partial charge in [-0.25, -0.2) is 0 Å². The number of hydrogen-bond acceptors (Lipinski definition) is 5. The molecule has 2 aliphatic heterocycles. The summed E-state index contributed by atoms with van der Waals surface area (Å²) in [5.41, 5.74) is 0.876. The Kier molecular flexibility index (Phi) is 7.83. The van der Waals surface area contributed by atoms with E-state index in [1.807, 2.05) is 6.07 Å². The summed E-state index contributed by atoms with van der Waals surface area (Å²) in [5.74, 6) is 3.09. The molecule has 1 amide bonds. The van der Waals surface area contributed by atoms with E-state index in [1.54, 1.807) is 0 Å². The van der Waals surface area contributed by atoms with Crippen molar-refractivity contribution in [3.05, 3.63) is 23.8 Å². The summed E-state index contributed by atoms with van der Waals surface area (Å²) >= 11 is 0. The van der Waals surface area contributed by atoms with Crippen molar-refractivity contribution in [1.82, 2.24) is 10.2 Å². The number of nitrogens with zero attached hydrogens (tertiary/aromatic N) is 1. The maximum Gasteiger partial charge on any atom is 0.231 e. The Balaban J connectivity index is 1.05. The number of ether oxygens (including phenoxy) is 2. The summed E-state index contributed by atoms with van der Waals surface area (Å²) in [6.45, 7) is 8.65. The molecule has 2 saturated carbocycles. The lowest BCUT2D eigenvalue weighted by molar-refractivity contribution is -0.128. The minimum absolute atomic E-state index is 0.0462. The lowest BCUT2D eigenvalue weighted by Crippen LogP contribution is -2.46. The van der Waals surface area contributed by atoms with Crippen molar-refractivity contribution >= 4 is 5.91 Å². The van der Waals surface area contributed by atoms with Gasteiger partial charge in [-0.15, -0.1) is 0 Å². The predicted octanol–water partition coefficient (Wildman–Crippen LogP) is 5.38. The molecule has 6 nitrogen and oxygen atoms in total. The Morgan fingerprint density at radius 2 is 1.81 bits per heavy atom. The molecule has 2 heterocycles. The highest BCUT2D eigenvalue weighted by molar-refractivity contribution is 5.77. The van der Waals surface area contributed by atoms with Crippen LogP contribution < -0.4 is 14.8 Å². The first-order valence-corrected chi connectivity index (χ1v) is 14.5. The Labute approximate surface area is 217 Å². The summed E-state index contributed by atoms with van der Waals surface area (Å²) in [7, 11) is 0. The molecule has 0 spiro atoms. The third kappa shape index (κ3) is 5.85. The van der Waals surface area contributed by atoms with E-state index in [0.29, 0.717) is 24.0 Å². The van der Waals surface area contributed by atoms with Crippen molar-refractivity contribution in [2.24, 2.45) is 11.3 Å². The topological polar surface area (TPSA) is 71.0 Å². The lowest BCUT2D eigenvalue weighted by Gasteiger charge is -2.44. The van der Waals surface area contributed by atoms with Crippen LogP contribution in [-0.4, -0.2) is 54.0 Å². The summed E-state index contributed by atoms with van der Waals surface area (Å²) in [6, 6.07) is 6.57. The van der Waals surface area contributed by atoms with Crippen LogP contribution in [0.25, 0.3) is 0 Å². The number of hydrogen-bond donors (Lipinski definition) is 2. The van der Waals surface area contributed by atoms with Gasteiger partial charge in [-0.1, -0.05) is 45.2 Å². The minimum Gasteiger partial charge on any atom is -0.454 e. The number of carbonyl (C=O) groups excluding carboxylic acids is 1. The van der Waals surface area contributed by atoms with Gasteiger partial charge in [0.2, 0.25) is 12.7 Å². The summed E-state index contributed by atoms with van der Waals surface area (Å²) < 4.78 is 11.4. The molecule has 1 aromatic carbocycles. The zero-order chi connectivity index (χ0) is 25.2. The van der Waals surface area contributed by atoms with Gasteiger partial charge < -0.3 is 24.8 Å². The molecule has 1 unspecified atom stereocenters. The second-order valence-electron chi connectivity index (χ2n) is 12.5. The number of benzene rings is 1. The summed E-state index contributed by atoms with van der Waals surface area (Å²) in [5, 5.41) is 14.0. The van der Waals surface area contributed by atoms with Crippen molar-refractivity contribution in [2.45, 2.75) is 108 Å². The quantitative estimate of drug-likeness (QED) is 0.528. The van der Waals surface area contributed by atoms with Crippen LogP contribution >= 0.6 is 0 Å². The second-order valence-corrected chi connectivity index (χ2v) is 12.5. The molecular formula is C30H46N2O4. The average molecular weight is 499 g/mol. The summed E-state index contributed by atoms with van der Waals surface area (Å²) in [6.07, 6.45) is 11.8. The maximum absolute atomic E-state index is 12.6. The zero-order valence-electron chi connectivity index (χ0n) is 22.4. The monoisotopic (exact) mass is 498 g/mol. The van der Waals surface area contributed by atoms with Crippen molar-refractivity contribution in [1.29, 1.82) is 0 Å². The molecule has 36 heavy (non-hydrogen) atoms. The average Bonchev–Trinajstić information content (AvgIpc) is 3.35. The van der Waals surface area contributed by atoms with Crippen LogP contribution in [0.3, 0.4) is 0 Å². The molecule has 2 aliphatic carbocycles. The van der Waals surface area contributed by atoms with Gasteiger partial charge in [-0.3, -0.25) is 4.79 Å². The van der Waals surface area contributed by atoms with Crippen LogP contribution in [0.5, 0.6) is 11.5 Å². The van der Waals surface area contributed by atoms with Crippen molar-refractivity contribution in [2.75, 3.05) is 26.4 Å². The molecule has 200 valence electrons. The van der Waals surface area contributed by atoms with Crippen LogP contribution in [0, 0.1) is 11.3 Å². The molecule has 1 aromatic rings. The van der Waals surface area contributed by atoms with Gasteiger partial charge in [-0.2, -0.15) is 0 Å². The molecule has 3 fully saturated rings. The van der Waals surface area contributed by atoms with Crippen LogP contribution in [0.1, 0.15) is 102 Å². The molecule has 4 aliphatic rings. The first-order valence-electron chi connectivity index (χ1n) is 14.5. The number of likely N-dealkylation sites (tertiary alicyclic amines) is 1. The normalized spacial score (nSPS) is 29.6. The van der Waals surface area contributed by atoms with E-state index in [-0.39, 0.29) is 18.4 Å². The van der Waals surface area contributed by atoms with Gasteiger partial charge >= 0.3 is 0 Å². The second kappa shape index (κ2) is 10.9. The molecule has 0 radical (unpaired) electrons. The molecule has 6 heteroatoms. The highest BCUT2D eigenvalue weighted by Gasteiger charge is 2.38. The fourth-order valence-electron chi connectivity index (χ4n) is 7.19. The summed E-state index contributed by atoms with van der Waals surface area (Å²) in [4.78, 5) is 15.3. The third-order valence-corrected chi connectivity index (χ3v) is 9.94. The van der Waals surface area contributed by atoms with Gasteiger partial charge in [0.1, 0.15) is 0 Å². The number of nitrogens with one attached hydrogen (secondary N) is 1. The standard InChI is InChI=1S/C30H46N2O4/c1-22(20-32-17-11-23(12-18-32)25-7-6-8-26-28(25)36-21-35-26)29(2)15-9-24(10-16-29)31-27(33)19-30(34)13-4-3-5-14-30/h6-8,22-24,34H,3-5,9-21H2,1-2H3,(H,31,33). The van der Waals surface area contributed by atoms with E-state index >= 15 is 0 Å². The Hall–Kier alpha value is -1.79. The van der Waals surface area contributed by atoms with Crippen molar-refractivity contribution in [3.8, 4) is 11.5 Å². The van der Waals surface area contributed by atoms with E-state index < -0.39 is 5.60 Å². The molecular weight excluding hydrogens is 452 g/mol. The zero-order valence-corrected chi connectivity index (χ0v) is 22.4. The molecule has 0 aromatic heterocycles. The number of rotatable bonds is 7. The van der Waals surface area contributed by atoms with E-state index in [4.69, 9.17) is 9.47 Å². The van der Waals surface area contributed by atoms with E-state index in [1.165, 1.54) is 24.8 Å². The Morgan fingerprint density at radius 1 is 1.08 bits per heavy atom. The predicted molar refractivity (Wildman–Crippen MR) is 141 cm³/mol. The largest absolute Gasteiger partial charge is 0.454 e. The van der Waals surface area contributed by atoms with Gasteiger partial charge in [0.25, 0.3) is 0 Å². The van der Waals surface area contributed by atoms with E-state index in [2.05, 4.69) is 36.2 Å². The van der Waals surface area contributed by atoms with Gasteiger partial charge in [0.05, 0.1) is 12.0 Å². The first-order chi connectivity index (χ1) is 17.3. The number of amides is 1. The molecule has 1 atom stereocenters. The number of piperidine rings is 1. The molecule has 2 N–H and O–H groups in total. The van der Waals surface area contributed by atoms with Crippen molar-refractivity contribution in [3.63, 3.8) is 0 Å². The van der Waals surface area contributed by atoms with Gasteiger partial charge in [0, 0.05) is 18.2 Å². The third-order valence-electron chi connectivity index (χ3n) is 9.94. The van der Waals surface area contributed by atoms with Crippen LogP contribution in [0.2, 0.25) is 0 Å². The fourth-order valence-corrected chi connectivity index (χ4v) is 7.19. The van der Waals surface area contributed by atoms with Crippen molar-refractivity contribution < 1.29 is 19.4 Å². The van der Waals surface area contributed by atoms with Crippen LogP contribution in [0.4, 0.5) is 0 Å². The molecule has 0 bridgehead atoms. The van der Waals surface area contributed by atoms with E-state index in [9.17, 15) is 9.90 Å². The first kappa shape index (κ1) is 25.8. The van der Waals surface area contributed by atoms with Gasteiger partial charge in [-0.05, 0) is 87.8 Å². The highest BCUT2D eigenvalue weighted by atomic mass is 16.7. The molecule has 5 rings (SSSR count). The fraction of sp³-hybridized carbons (Fsp3) is 0.767.